The first-order valence-electron chi connectivity index (χ1n) is 5.03. The minimum Gasteiger partial charge on any atom is -0.481 e. The van der Waals surface area contributed by atoms with Crippen molar-refractivity contribution in [3.05, 3.63) is 12.2 Å². The third-order valence-electron chi connectivity index (χ3n) is 3.50. The summed E-state index contributed by atoms with van der Waals surface area (Å²) >= 11 is 0. The Bertz CT molecular complexity index is 276. The summed E-state index contributed by atoms with van der Waals surface area (Å²) in [6, 6.07) is 0. The lowest BCUT2D eigenvalue weighted by Gasteiger charge is -2.41. The topological polar surface area (TPSA) is 54.4 Å². The van der Waals surface area contributed by atoms with Crippen LogP contribution in [0.2, 0.25) is 0 Å². The van der Waals surface area contributed by atoms with E-state index in [2.05, 4.69) is 0 Å². The number of aliphatic carboxylic acids is 1. The van der Waals surface area contributed by atoms with Gasteiger partial charge in [-0.15, -0.1) is 0 Å². The molecule has 1 unspecified atom stereocenters. The van der Waals surface area contributed by atoms with Gasteiger partial charge in [0.05, 0.1) is 5.92 Å². The molecule has 0 aliphatic heterocycles. The van der Waals surface area contributed by atoms with Gasteiger partial charge in [0.25, 0.3) is 0 Å². The van der Waals surface area contributed by atoms with E-state index in [-0.39, 0.29) is 23.5 Å². The average Bonchev–Trinajstić information content (AvgIpc) is 2.17. The number of allylic oxidation sites excluding steroid dienone is 2. The number of carboxylic acids is 1. The average molecular weight is 194 g/mol. The second kappa shape index (κ2) is 3.23. The molecule has 3 aliphatic rings. The molecule has 0 aromatic carbocycles. The van der Waals surface area contributed by atoms with E-state index < -0.39 is 11.9 Å². The highest BCUT2D eigenvalue weighted by Crippen LogP contribution is 2.45. The largest absolute Gasteiger partial charge is 0.481 e. The van der Waals surface area contributed by atoms with Crippen LogP contribution in [0.5, 0.6) is 0 Å². The molecule has 0 aromatic rings. The third kappa shape index (κ3) is 1.27. The second-order valence-electron chi connectivity index (χ2n) is 4.29. The highest BCUT2D eigenvalue weighted by atomic mass is 16.4. The normalized spacial score (nSPS) is 39.8. The third-order valence-corrected chi connectivity index (χ3v) is 3.50. The van der Waals surface area contributed by atoms with E-state index in [0.717, 1.165) is 12.8 Å². The lowest BCUT2D eigenvalue weighted by molar-refractivity contribution is -0.151. The fourth-order valence-corrected chi connectivity index (χ4v) is 2.89. The zero-order chi connectivity index (χ0) is 10.3. The summed E-state index contributed by atoms with van der Waals surface area (Å²) in [5, 5.41) is 9.09. The number of rotatable bonds is 2. The first-order valence-corrected chi connectivity index (χ1v) is 5.03. The predicted molar refractivity (Wildman–Crippen MR) is 50.7 cm³/mol. The lowest BCUT2D eigenvalue weighted by atomic mass is 9.61. The number of hydrogen-bond acceptors (Lipinski definition) is 2. The minimum atomic E-state index is -0.816. The molecule has 3 nitrogen and oxygen atoms in total. The molecule has 0 heterocycles. The van der Waals surface area contributed by atoms with Gasteiger partial charge in [0, 0.05) is 5.92 Å². The van der Waals surface area contributed by atoms with Crippen molar-refractivity contribution < 1.29 is 14.7 Å². The number of ketones is 1. The first kappa shape index (κ1) is 9.44. The monoisotopic (exact) mass is 194 g/mol. The quantitative estimate of drug-likeness (QED) is 0.677. The van der Waals surface area contributed by atoms with Crippen molar-refractivity contribution in [3.63, 3.8) is 0 Å². The van der Waals surface area contributed by atoms with Crippen LogP contribution < -0.4 is 0 Å². The van der Waals surface area contributed by atoms with Gasteiger partial charge in [-0.05, 0) is 31.6 Å². The first-order chi connectivity index (χ1) is 6.61. The Morgan fingerprint density at radius 1 is 1.14 bits per heavy atom. The van der Waals surface area contributed by atoms with E-state index in [0.29, 0.717) is 0 Å². The molecule has 2 bridgehead atoms. The standard InChI is InChI=1S/C11H14O3/c1-6(12)9-7-2-4-8(5-3-7)10(9)11(13)14/h2,4,7-10H,3,5H2,1H3,(H,13,14)/t7-,8+,9+,10?/m1/s1. The van der Waals surface area contributed by atoms with Crippen LogP contribution in [0.1, 0.15) is 19.8 Å². The molecule has 0 aromatic heterocycles. The van der Waals surface area contributed by atoms with Crippen molar-refractivity contribution in [3.8, 4) is 0 Å². The molecular weight excluding hydrogens is 180 g/mol. The van der Waals surface area contributed by atoms with E-state index in [1.807, 2.05) is 12.2 Å². The number of carbonyl (C=O) groups is 2. The van der Waals surface area contributed by atoms with Gasteiger partial charge in [-0.2, -0.15) is 0 Å². The van der Waals surface area contributed by atoms with Gasteiger partial charge in [0.15, 0.2) is 0 Å². The van der Waals surface area contributed by atoms with E-state index in [1.165, 1.54) is 6.92 Å². The summed E-state index contributed by atoms with van der Waals surface area (Å²) in [5.74, 6) is -1.31. The van der Waals surface area contributed by atoms with Crippen LogP contribution in [0, 0.1) is 23.7 Å². The van der Waals surface area contributed by atoms with Crippen LogP contribution in [0.3, 0.4) is 0 Å². The van der Waals surface area contributed by atoms with Crippen molar-refractivity contribution in [2.75, 3.05) is 0 Å². The molecule has 0 radical (unpaired) electrons. The number of hydrogen-bond donors (Lipinski definition) is 1. The molecule has 1 fully saturated rings. The Labute approximate surface area is 82.8 Å². The number of Topliss-reactive ketones (excluding diaryl/α,β-unsaturated/α-hetero) is 1. The number of carbonyl (C=O) groups excluding carboxylic acids is 1. The molecule has 14 heavy (non-hydrogen) atoms. The molecule has 0 amide bonds. The zero-order valence-corrected chi connectivity index (χ0v) is 8.14. The van der Waals surface area contributed by atoms with Gasteiger partial charge >= 0.3 is 5.97 Å². The van der Waals surface area contributed by atoms with Gasteiger partial charge in [-0.25, -0.2) is 0 Å². The summed E-state index contributed by atoms with van der Waals surface area (Å²) in [7, 11) is 0. The maximum atomic E-state index is 11.4. The molecule has 0 spiro atoms. The van der Waals surface area contributed by atoms with Crippen molar-refractivity contribution in [2.24, 2.45) is 23.7 Å². The van der Waals surface area contributed by atoms with Crippen LogP contribution in [0.15, 0.2) is 12.2 Å². The Morgan fingerprint density at radius 2 is 1.64 bits per heavy atom. The van der Waals surface area contributed by atoms with Crippen molar-refractivity contribution in [2.45, 2.75) is 19.8 Å². The molecule has 4 atom stereocenters. The fourth-order valence-electron chi connectivity index (χ4n) is 2.89. The minimum absolute atomic E-state index is 0.0245. The maximum Gasteiger partial charge on any atom is 0.307 e. The van der Waals surface area contributed by atoms with E-state index in [1.54, 1.807) is 0 Å². The Kier molecular flexibility index (Phi) is 2.17. The summed E-state index contributed by atoms with van der Waals surface area (Å²) in [6.07, 6.45) is 5.89. The van der Waals surface area contributed by atoms with Crippen LogP contribution in [0.4, 0.5) is 0 Å². The van der Waals surface area contributed by atoms with Gasteiger partial charge in [-0.3, -0.25) is 9.59 Å². The van der Waals surface area contributed by atoms with E-state index in [9.17, 15) is 9.59 Å². The molecule has 1 saturated carbocycles. The fraction of sp³-hybridized carbons (Fsp3) is 0.636. The summed E-state index contributed by atoms with van der Waals surface area (Å²) in [6.45, 7) is 1.51. The lowest BCUT2D eigenvalue weighted by Crippen LogP contribution is -2.44. The van der Waals surface area contributed by atoms with E-state index in [4.69, 9.17) is 5.11 Å². The smallest absolute Gasteiger partial charge is 0.307 e. The zero-order valence-electron chi connectivity index (χ0n) is 8.14. The van der Waals surface area contributed by atoms with Crippen LogP contribution in [-0.2, 0) is 9.59 Å². The van der Waals surface area contributed by atoms with Gasteiger partial charge in [0.2, 0.25) is 0 Å². The van der Waals surface area contributed by atoms with Crippen molar-refractivity contribution in [1.29, 1.82) is 0 Å². The van der Waals surface area contributed by atoms with Gasteiger partial charge in [0.1, 0.15) is 5.78 Å². The second-order valence-corrected chi connectivity index (χ2v) is 4.29. The predicted octanol–water partition coefficient (Wildman–Crippen LogP) is 1.49. The van der Waals surface area contributed by atoms with E-state index >= 15 is 0 Å². The van der Waals surface area contributed by atoms with Gasteiger partial charge in [-0.1, -0.05) is 12.2 Å². The van der Waals surface area contributed by atoms with Crippen molar-refractivity contribution in [1.82, 2.24) is 0 Å². The highest BCUT2D eigenvalue weighted by Gasteiger charge is 2.46. The Hall–Kier alpha value is -1.12. The molecule has 76 valence electrons. The Morgan fingerprint density at radius 3 is 1.93 bits per heavy atom. The molecule has 1 N–H and O–H groups in total. The maximum absolute atomic E-state index is 11.4. The molecule has 3 aliphatic carbocycles. The summed E-state index contributed by atoms with van der Waals surface area (Å²) < 4.78 is 0. The molecule has 3 heteroatoms. The number of carboxylic acid groups (broad SMARTS) is 1. The van der Waals surface area contributed by atoms with Gasteiger partial charge < -0.3 is 5.11 Å². The molecular formula is C11H14O3. The highest BCUT2D eigenvalue weighted by molar-refractivity contribution is 5.86. The van der Waals surface area contributed by atoms with Crippen LogP contribution >= 0.6 is 0 Å². The molecule has 0 saturated heterocycles. The van der Waals surface area contributed by atoms with Crippen LogP contribution in [0.25, 0.3) is 0 Å². The molecule has 3 rings (SSSR count). The Balaban J connectivity index is 2.33. The van der Waals surface area contributed by atoms with Crippen LogP contribution in [-0.4, -0.2) is 16.9 Å². The number of fused-ring (bicyclic) bond motifs is 2. The summed E-state index contributed by atoms with van der Waals surface area (Å²) in [5.41, 5.74) is 0. The summed E-state index contributed by atoms with van der Waals surface area (Å²) in [4.78, 5) is 22.5. The van der Waals surface area contributed by atoms with Crippen molar-refractivity contribution >= 4 is 11.8 Å². The SMILES string of the molecule is CC(=O)[C@@H]1C(C(=O)O)[C@H]2C=C[C@@H]1CC2.